The molecule has 0 saturated carbocycles. The minimum absolute atomic E-state index is 0.150. The van der Waals surface area contributed by atoms with Crippen molar-refractivity contribution >= 4 is 28.2 Å². The maximum Gasteiger partial charge on any atom is 0.341 e. The summed E-state index contributed by atoms with van der Waals surface area (Å²) >= 11 is 1.48. The Labute approximate surface area is 151 Å². The third kappa shape index (κ3) is 4.20. The molecule has 1 amide bonds. The van der Waals surface area contributed by atoms with E-state index in [-0.39, 0.29) is 17.6 Å². The molecule has 1 aliphatic carbocycles. The Bertz CT molecular complexity index is 771. The largest absolute Gasteiger partial charge is 0.459 e. The summed E-state index contributed by atoms with van der Waals surface area (Å²) in [6.07, 6.45) is 2.52. The number of nitrogens with zero attached hydrogens (tertiary/aromatic N) is 1. The average Bonchev–Trinajstić information content (AvgIpc) is 2.83. The van der Waals surface area contributed by atoms with Crippen molar-refractivity contribution in [2.75, 3.05) is 5.32 Å². The molecule has 0 unspecified atom stereocenters. The van der Waals surface area contributed by atoms with Crippen molar-refractivity contribution in [2.24, 2.45) is 11.7 Å². The Morgan fingerprint density at radius 1 is 1.44 bits per heavy atom. The Morgan fingerprint density at radius 3 is 2.68 bits per heavy atom. The van der Waals surface area contributed by atoms with Gasteiger partial charge in [-0.2, -0.15) is 5.26 Å². The lowest BCUT2D eigenvalue weighted by molar-refractivity contribution is -0.114. The van der Waals surface area contributed by atoms with Crippen LogP contribution < -0.4 is 11.1 Å². The molecule has 0 bridgehead atoms. The van der Waals surface area contributed by atoms with Crippen LogP contribution in [0, 0.1) is 17.2 Å². The molecule has 3 N–H and O–H groups in total. The smallest absolute Gasteiger partial charge is 0.341 e. The summed E-state index contributed by atoms with van der Waals surface area (Å²) in [5.41, 5.74) is 6.95. The molecule has 1 atom stereocenters. The molecule has 1 aliphatic rings. The first kappa shape index (κ1) is 19.0. The van der Waals surface area contributed by atoms with Gasteiger partial charge in [-0.15, -0.1) is 11.3 Å². The molecule has 0 saturated heterocycles. The van der Waals surface area contributed by atoms with Crippen LogP contribution in [0.25, 0.3) is 0 Å². The number of hydrogen-bond donors (Lipinski definition) is 2. The molecule has 0 spiro atoms. The van der Waals surface area contributed by atoms with Crippen LogP contribution in [-0.2, 0) is 22.4 Å². The van der Waals surface area contributed by atoms with Crippen molar-refractivity contribution in [2.45, 2.75) is 53.1 Å². The number of anilines is 1. The molecule has 0 aromatic carbocycles. The van der Waals surface area contributed by atoms with Gasteiger partial charge in [-0.25, -0.2) is 4.79 Å². The van der Waals surface area contributed by atoms with Crippen molar-refractivity contribution in [1.29, 1.82) is 5.26 Å². The Morgan fingerprint density at radius 2 is 2.12 bits per heavy atom. The predicted molar refractivity (Wildman–Crippen MR) is 97.2 cm³/mol. The number of carbonyl (C=O) groups is 2. The van der Waals surface area contributed by atoms with E-state index in [0.29, 0.717) is 22.2 Å². The molecule has 1 aromatic heterocycles. The highest BCUT2D eigenvalue weighted by molar-refractivity contribution is 7.16. The third-order valence-electron chi connectivity index (χ3n) is 4.09. The number of nitriles is 1. The first-order valence-electron chi connectivity index (χ1n) is 8.27. The second-order valence-corrected chi connectivity index (χ2v) is 7.72. The molecule has 134 valence electrons. The van der Waals surface area contributed by atoms with Gasteiger partial charge in [-0.1, -0.05) is 6.92 Å². The molecule has 1 heterocycles. The molecular weight excluding hydrogens is 338 g/mol. The summed E-state index contributed by atoms with van der Waals surface area (Å²) in [5, 5.41) is 12.8. The van der Waals surface area contributed by atoms with Crippen LogP contribution in [0.3, 0.4) is 0 Å². The summed E-state index contributed by atoms with van der Waals surface area (Å²) < 4.78 is 5.40. The van der Waals surface area contributed by atoms with Crippen molar-refractivity contribution in [1.82, 2.24) is 0 Å². The number of carbonyl (C=O) groups excluding carboxylic acids is 2. The summed E-state index contributed by atoms with van der Waals surface area (Å²) in [5.74, 6) is -0.617. The third-order valence-corrected chi connectivity index (χ3v) is 5.26. The van der Waals surface area contributed by atoms with E-state index < -0.39 is 5.91 Å². The number of primary amides is 1. The number of hydrogen-bond acceptors (Lipinski definition) is 6. The van der Waals surface area contributed by atoms with Crippen LogP contribution >= 0.6 is 11.3 Å². The Balaban J connectivity index is 2.48. The number of thiophene rings is 1. The van der Waals surface area contributed by atoms with E-state index in [2.05, 4.69) is 12.2 Å². The van der Waals surface area contributed by atoms with E-state index in [0.717, 1.165) is 29.7 Å². The molecule has 6 nitrogen and oxygen atoms in total. The number of esters is 1. The molecule has 0 aliphatic heterocycles. The second-order valence-electron chi connectivity index (χ2n) is 6.61. The van der Waals surface area contributed by atoms with Gasteiger partial charge in [0.1, 0.15) is 16.6 Å². The molecule has 25 heavy (non-hydrogen) atoms. The van der Waals surface area contributed by atoms with Crippen LogP contribution in [0.15, 0.2) is 11.3 Å². The van der Waals surface area contributed by atoms with Gasteiger partial charge < -0.3 is 15.8 Å². The fourth-order valence-corrected chi connectivity index (χ4v) is 4.34. The number of amides is 1. The topological polar surface area (TPSA) is 105 Å². The van der Waals surface area contributed by atoms with Crippen LogP contribution in [0.4, 0.5) is 5.00 Å². The molecule has 7 heteroatoms. The summed E-state index contributed by atoms with van der Waals surface area (Å²) in [6, 6.07) is 1.80. The first-order chi connectivity index (χ1) is 11.7. The van der Waals surface area contributed by atoms with Crippen molar-refractivity contribution in [3.63, 3.8) is 0 Å². The fourth-order valence-electron chi connectivity index (χ4n) is 2.88. The summed E-state index contributed by atoms with van der Waals surface area (Å²) in [6.45, 7) is 7.39. The number of allylic oxidation sites excluding steroid dienone is 1. The zero-order valence-corrected chi connectivity index (χ0v) is 15.8. The molecular formula is C18H23N3O3S. The van der Waals surface area contributed by atoms with Gasteiger partial charge in [0.25, 0.3) is 5.91 Å². The molecule has 0 radical (unpaired) electrons. The Hall–Kier alpha value is -2.33. The number of nitrogens with one attached hydrogen (secondary N) is 1. The molecule has 2 rings (SSSR count). The van der Waals surface area contributed by atoms with E-state index >= 15 is 0 Å². The number of nitrogens with two attached hydrogens (primary N) is 1. The number of rotatable bonds is 5. The van der Waals surface area contributed by atoms with Crippen molar-refractivity contribution in [3.05, 3.63) is 27.3 Å². The van der Waals surface area contributed by atoms with Crippen LogP contribution in [0.5, 0.6) is 0 Å². The van der Waals surface area contributed by atoms with Gasteiger partial charge >= 0.3 is 5.97 Å². The minimum atomic E-state index is -0.797. The van der Waals surface area contributed by atoms with Crippen molar-refractivity contribution in [3.8, 4) is 6.07 Å². The lowest BCUT2D eigenvalue weighted by Gasteiger charge is -2.19. The van der Waals surface area contributed by atoms with Gasteiger partial charge in [-0.05, 0) is 51.5 Å². The molecule has 0 fully saturated rings. The van der Waals surface area contributed by atoms with Gasteiger partial charge in [0.05, 0.1) is 11.7 Å². The summed E-state index contributed by atoms with van der Waals surface area (Å²) in [7, 11) is 0. The van der Waals surface area contributed by atoms with Gasteiger partial charge in [0, 0.05) is 10.6 Å². The maximum absolute atomic E-state index is 12.6. The SMILES string of the molecule is C/C(Nc1sc2c(c1C(=O)OC(C)C)CC[C@H](C)C2)=C(/C#N)C(N)=O. The van der Waals surface area contributed by atoms with E-state index in [9.17, 15) is 9.59 Å². The lowest BCUT2D eigenvalue weighted by Crippen LogP contribution is -2.18. The van der Waals surface area contributed by atoms with Gasteiger partial charge in [0.15, 0.2) is 0 Å². The highest BCUT2D eigenvalue weighted by atomic mass is 32.1. The van der Waals surface area contributed by atoms with E-state index in [1.165, 1.54) is 11.3 Å². The highest BCUT2D eigenvalue weighted by Gasteiger charge is 2.29. The van der Waals surface area contributed by atoms with Crippen molar-refractivity contribution < 1.29 is 14.3 Å². The van der Waals surface area contributed by atoms with E-state index in [4.69, 9.17) is 15.7 Å². The van der Waals surface area contributed by atoms with E-state index in [1.54, 1.807) is 26.8 Å². The first-order valence-corrected chi connectivity index (χ1v) is 9.09. The van der Waals surface area contributed by atoms with Gasteiger partial charge in [-0.3, -0.25) is 4.79 Å². The van der Waals surface area contributed by atoms with Crippen LogP contribution in [0.1, 0.15) is 54.9 Å². The summed E-state index contributed by atoms with van der Waals surface area (Å²) in [4.78, 5) is 25.1. The monoisotopic (exact) mass is 361 g/mol. The van der Waals surface area contributed by atoms with E-state index in [1.807, 2.05) is 0 Å². The number of ether oxygens (including phenoxy) is 1. The maximum atomic E-state index is 12.6. The van der Waals surface area contributed by atoms with Crippen LogP contribution in [-0.4, -0.2) is 18.0 Å². The van der Waals surface area contributed by atoms with Crippen LogP contribution in [0.2, 0.25) is 0 Å². The zero-order valence-electron chi connectivity index (χ0n) is 14.9. The molecule has 1 aromatic rings. The Kier molecular flexibility index (Phi) is 5.85. The lowest BCUT2D eigenvalue weighted by atomic mass is 9.88. The number of fused-ring (bicyclic) bond motifs is 1. The predicted octanol–water partition coefficient (Wildman–Crippen LogP) is 3.13. The minimum Gasteiger partial charge on any atom is -0.459 e. The fraction of sp³-hybridized carbons (Fsp3) is 0.500. The highest BCUT2D eigenvalue weighted by Crippen LogP contribution is 2.40. The average molecular weight is 361 g/mol. The zero-order chi connectivity index (χ0) is 18.7. The normalized spacial score (nSPS) is 17.4. The quantitative estimate of drug-likeness (QED) is 0.476. The second kappa shape index (κ2) is 7.70. The standard InChI is InChI=1S/C18H23N3O3S/c1-9(2)24-18(23)15-12-6-5-10(3)7-14(12)25-17(15)21-11(4)13(8-19)16(20)22/h9-10,21H,5-7H2,1-4H3,(H2,20,22)/b13-11+/t10-/m0/s1. The van der Waals surface area contributed by atoms with Gasteiger partial charge in [0.2, 0.25) is 0 Å².